The van der Waals surface area contributed by atoms with Gasteiger partial charge in [0.05, 0.1) is 0 Å². The largest absolute Gasteiger partial charge is 0.339 e. The summed E-state index contributed by atoms with van der Waals surface area (Å²) in [6, 6.07) is 0.686. The molecule has 0 spiro atoms. The standard InChI is InChI=1S/C14H25N3O/c1-3-12-5-4-6-13(8-7-12)15-10-9-14-16-11(2)17-18-14/h12-13,15H,3-10H2,1-2H3. The van der Waals surface area contributed by atoms with Gasteiger partial charge in [0, 0.05) is 19.0 Å². The zero-order valence-electron chi connectivity index (χ0n) is 11.6. The van der Waals surface area contributed by atoms with Crippen LogP contribution in [0.1, 0.15) is 57.2 Å². The minimum Gasteiger partial charge on any atom is -0.339 e. The molecule has 1 saturated carbocycles. The predicted octanol–water partition coefficient (Wildman–Crippen LogP) is 2.87. The Morgan fingerprint density at radius 1 is 1.28 bits per heavy atom. The Morgan fingerprint density at radius 3 is 2.89 bits per heavy atom. The van der Waals surface area contributed by atoms with Crippen LogP contribution in [0.5, 0.6) is 0 Å². The highest BCUT2D eigenvalue weighted by molar-refractivity contribution is 4.84. The zero-order valence-corrected chi connectivity index (χ0v) is 11.6. The summed E-state index contributed by atoms with van der Waals surface area (Å²) in [6.45, 7) is 5.12. The molecule has 2 atom stereocenters. The summed E-state index contributed by atoms with van der Waals surface area (Å²) in [7, 11) is 0. The molecule has 1 aromatic rings. The van der Waals surface area contributed by atoms with Crippen molar-refractivity contribution in [2.24, 2.45) is 5.92 Å². The molecule has 1 aliphatic carbocycles. The second kappa shape index (κ2) is 6.88. The minimum atomic E-state index is 0.686. The van der Waals surface area contributed by atoms with Crippen molar-refractivity contribution in [3.05, 3.63) is 11.7 Å². The number of hydrogen-bond acceptors (Lipinski definition) is 4. The lowest BCUT2D eigenvalue weighted by Crippen LogP contribution is -2.30. The van der Waals surface area contributed by atoms with Crippen molar-refractivity contribution in [2.45, 2.75) is 64.8 Å². The number of rotatable bonds is 5. The molecule has 0 saturated heterocycles. The third-order valence-corrected chi connectivity index (χ3v) is 4.01. The fraction of sp³-hybridized carbons (Fsp3) is 0.857. The smallest absolute Gasteiger partial charge is 0.227 e. The van der Waals surface area contributed by atoms with Gasteiger partial charge < -0.3 is 9.84 Å². The molecule has 0 amide bonds. The van der Waals surface area contributed by atoms with Gasteiger partial charge in [-0.3, -0.25) is 0 Å². The summed E-state index contributed by atoms with van der Waals surface area (Å²) < 4.78 is 5.11. The Bertz CT molecular complexity index is 351. The first-order valence-corrected chi connectivity index (χ1v) is 7.30. The maximum Gasteiger partial charge on any atom is 0.227 e. The minimum absolute atomic E-state index is 0.686. The fourth-order valence-electron chi connectivity index (χ4n) is 2.82. The normalized spacial score (nSPS) is 25.0. The summed E-state index contributed by atoms with van der Waals surface area (Å²) in [5, 5.41) is 7.44. The van der Waals surface area contributed by atoms with Gasteiger partial charge in [-0.1, -0.05) is 31.3 Å². The topological polar surface area (TPSA) is 51.0 Å². The zero-order chi connectivity index (χ0) is 12.8. The van der Waals surface area contributed by atoms with Crippen molar-refractivity contribution in [3.8, 4) is 0 Å². The number of nitrogens with zero attached hydrogens (tertiary/aromatic N) is 2. The van der Waals surface area contributed by atoms with Crippen molar-refractivity contribution in [1.82, 2.24) is 15.5 Å². The number of hydrogen-bond donors (Lipinski definition) is 1. The summed E-state index contributed by atoms with van der Waals surface area (Å²) in [5.41, 5.74) is 0. The molecule has 18 heavy (non-hydrogen) atoms. The second-order valence-electron chi connectivity index (χ2n) is 5.42. The van der Waals surface area contributed by atoms with Crippen LogP contribution in [0.4, 0.5) is 0 Å². The van der Waals surface area contributed by atoms with E-state index >= 15 is 0 Å². The van der Waals surface area contributed by atoms with E-state index in [1.165, 1.54) is 38.5 Å². The van der Waals surface area contributed by atoms with E-state index in [-0.39, 0.29) is 0 Å². The highest BCUT2D eigenvalue weighted by Crippen LogP contribution is 2.25. The van der Waals surface area contributed by atoms with E-state index in [4.69, 9.17) is 4.52 Å². The van der Waals surface area contributed by atoms with Crippen LogP contribution in [0.15, 0.2) is 4.52 Å². The lowest BCUT2D eigenvalue weighted by atomic mass is 9.98. The molecule has 0 aliphatic heterocycles. The average molecular weight is 251 g/mol. The SMILES string of the molecule is CCC1CCCC(NCCc2nc(C)no2)CC1. The van der Waals surface area contributed by atoms with Gasteiger partial charge >= 0.3 is 0 Å². The molecule has 102 valence electrons. The van der Waals surface area contributed by atoms with E-state index in [9.17, 15) is 0 Å². The van der Waals surface area contributed by atoms with Crippen LogP contribution in [0.3, 0.4) is 0 Å². The second-order valence-corrected chi connectivity index (χ2v) is 5.42. The van der Waals surface area contributed by atoms with E-state index in [0.717, 1.165) is 30.6 Å². The number of aromatic nitrogens is 2. The van der Waals surface area contributed by atoms with Crippen molar-refractivity contribution < 1.29 is 4.52 Å². The van der Waals surface area contributed by atoms with Crippen LogP contribution >= 0.6 is 0 Å². The Hall–Kier alpha value is -0.900. The maximum absolute atomic E-state index is 5.11. The van der Waals surface area contributed by atoms with Crippen LogP contribution in [0.2, 0.25) is 0 Å². The van der Waals surface area contributed by atoms with E-state index in [2.05, 4.69) is 22.4 Å². The van der Waals surface area contributed by atoms with E-state index in [1.807, 2.05) is 6.92 Å². The Balaban J connectivity index is 1.67. The molecule has 1 aliphatic rings. The van der Waals surface area contributed by atoms with E-state index in [1.54, 1.807) is 0 Å². The van der Waals surface area contributed by atoms with Crippen molar-refractivity contribution in [3.63, 3.8) is 0 Å². The van der Waals surface area contributed by atoms with Crippen molar-refractivity contribution >= 4 is 0 Å². The van der Waals surface area contributed by atoms with E-state index in [0.29, 0.717) is 6.04 Å². The fourth-order valence-corrected chi connectivity index (χ4v) is 2.82. The number of nitrogens with one attached hydrogen (secondary N) is 1. The van der Waals surface area contributed by atoms with Gasteiger partial charge in [-0.2, -0.15) is 4.98 Å². The molecule has 0 aromatic carbocycles. The molecular formula is C14H25N3O. The average Bonchev–Trinajstić information content (AvgIpc) is 2.65. The highest BCUT2D eigenvalue weighted by atomic mass is 16.5. The third-order valence-electron chi connectivity index (χ3n) is 4.01. The highest BCUT2D eigenvalue weighted by Gasteiger charge is 2.17. The van der Waals surface area contributed by atoms with Gasteiger partial charge in [0.25, 0.3) is 0 Å². The van der Waals surface area contributed by atoms with Crippen LogP contribution in [0, 0.1) is 12.8 Å². The van der Waals surface area contributed by atoms with Gasteiger partial charge in [0.1, 0.15) is 0 Å². The molecule has 4 heteroatoms. The van der Waals surface area contributed by atoms with Crippen LogP contribution in [-0.2, 0) is 6.42 Å². The van der Waals surface area contributed by atoms with Gasteiger partial charge in [-0.15, -0.1) is 0 Å². The maximum atomic E-state index is 5.11. The predicted molar refractivity (Wildman–Crippen MR) is 71.4 cm³/mol. The molecule has 2 rings (SSSR count). The molecule has 1 heterocycles. The molecule has 0 bridgehead atoms. The first kappa shape index (κ1) is 13.5. The lowest BCUT2D eigenvalue weighted by Gasteiger charge is -2.15. The summed E-state index contributed by atoms with van der Waals surface area (Å²) >= 11 is 0. The van der Waals surface area contributed by atoms with Crippen LogP contribution < -0.4 is 5.32 Å². The van der Waals surface area contributed by atoms with Gasteiger partial charge in [0.15, 0.2) is 5.82 Å². The van der Waals surface area contributed by atoms with Crippen molar-refractivity contribution in [2.75, 3.05) is 6.54 Å². The van der Waals surface area contributed by atoms with Crippen LogP contribution in [-0.4, -0.2) is 22.7 Å². The molecular weight excluding hydrogens is 226 g/mol. The Labute approximate surface area is 110 Å². The number of aryl methyl sites for hydroxylation is 1. The molecule has 4 nitrogen and oxygen atoms in total. The monoisotopic (exact) mass is 251 g/mol. The lowest BCUT2D eigenvalue weighted by molar-refractivity contribution is 0.365. The summed E-state index contributed by atoms with van der Waals surface area (Å²) in [6.07, 6.45) is 8.99. The summed E-state index contributed by atoms with van der Waals surface area (Å²) in [4.78, 5) is 4.22. The third kappa shape index (κ3) is 4.09. The molecule has 1 aromatic heterocycles. The van der Waals surface area contributed by atoms with Gasteiger partial charge in [-0.05, 0) is 32.1 Å². The molecule has 1 fully saturated rings. The van der Waals surface area contributed by atoms with Gasteiger partial charge in [-0.25, -0.2) is 0 Å². The molecule has 0 radical (unpaired) electrons. The van der Waals surface area contributed by atoms with Crippen LogP contribution in [0.25, 0.3) is 0 Å². The Morgan fingerprint density at radius 2 is 2.17 bits per heavy atom. The summed E-state index contributed by atoms with van der Waals surface area (Å²) in [5.74, 6) is 2.43. The van der Waals surface area contributed by atoms with Gasteiger partial charge in [0.2, 0.25) is 5.89 Å². The first-order chi connectivity index (χ1) is 8.78. The first-order valence-electron chi connectivity index (χ1n) is 7.30. The van der Waals surface area contributed by atoms with E-state index < -0.39 is 0 Å². The van der Waals surface area contributed by atoms with Crippen molar-refractivity contribution in [1.29, 1.82) is 0 Å². The quantitative estimate of drug-likeness (QED) is 0.818. The molecule has 2 unspecified atom stereocenters. The Kier molecular flexibility index (Phi) is 5.17. The molecule has 1 N–H and O–H groups in total.